The molecule has 4 aliphatic heterocycles. The van der Waals surface area contributed by atoms with Crippen molar-refractivity contribution in [1.29, 1.82) is 0 Å². The molecule has 0 bridgehead atoms. The molecule has 10 rings (SSSR count). The molecule has 2 aromatic heterocycles. The Morgan fingerprint density at radius 3 is 1.31 bits per heavy atom. The number of aromatic nitrogens is 4. The minimum atomic E-state index is -1.07. The molecule has 412 valence electrons. The van der Waals surface area contributed by atoms with Crippen molar-refractivity contribution in [3.63, 3.8) is 0 Å². The van der Waals surface area contributed by atoms with Crippen LogP contribution in [0.5, 0.6) is 11.5 Å². The van der Waals surface area contributed by atoms with Crippen molar-refractivity contribution in [1.82, 2.24) is 39.5 Å². The van der Waals surface area contributed by atoms with Crippen molar-refractivity contribution < 1.29 is 33.9 Å². The number of hydrogen-bond acceptors (Lipinski definition) is 12. The number of imidazole rings is 2. The van der Waals surface area contributed by atoms with E-state index in [9.17, 15) is 0 Å². The smallest absolute Gasteiger partial charge is 0.215 e. The molecule has 0 spiro atoms. The molecule has 0 saturated carbocycles. The lowest BCUT2D eigenvalue weighted by molar-refractivity contribution is -0.189. The number of nitrogens with zero attached hydrogens (tertiary/aromatic N) is 8. The Labute approximate surface area is 480 Å². The van der Waals surface area contributed by atoms with E-state index in [1.165, 1.54) is 11.4 Å². The number of hydrogen-bond donors (Lipinski definition) is 2. The molecule has 4 aliphatic rings. The molecule has 0 amide bonds. The van der Waals surface area contributed by atoms with Crippen LogP contribution in [0.2, 0.25) is 20.1 Å². The molecule has 6 heterocycles. The van der Waals surface area contributed by atoms with Crippen LogP contribution in [0.25, 0.3) is 0 Å². The Morgan fingerprint density at radius 2 is 0.974 bits per heavy atom. The number of rotatable bonds is 16. The summed E-state index contributed by atoms with van der Waals surface area (Å²) in [6.45, 7) is 15.3. The van der Waals surface area contributed by atoms with Gasteiger partial charge in [-0.3, -0.25) is 0 Å². The van der Waals surface area contributed by atoms with Gasteiger partial charge < -0.3 is 73.3 Å². The third kappa shape index (κ3) is 14.8. The summed E-state index contributed by atoms with van der Waals surface area (Å²) in [5.41, 5.74) is 3.78. The van der Waals surface area contributed by atoms with Crippen LogP contribution < -0.4 is 29.9 Å². The van der Waals surface area contributed by atoms with E-state index >= 15 is 0 Å². The standard InChI is InChI=1S/2C27H31Cl2N5O3S.H2O/c2*1-2-31-26(38)34-13-11-33(12-14-34)21-4-6-22(7-5-21)35-16-23-17-36-27(37-23,18-32-10-9-30-19-32)24-8-3-20(28)15-25(24)29;/h2*3-10,15,19,23H,2,11-14,16-18H2,1H3,(H,31,38);1H2. The molecular weight excluding hydrogens is 1110 g/mol. The van der Waals surface area contributed by atoms with Gasteiger partial charge in [-0.15, -0.1) is 0 Å². The van der Waals surface area contributed by atoms with Gasteiger partial charge in [0.1, 0.15) is 36.9 Å². The second-order valence-electron chi connectivity index (χ2n) is 18.6. The van der Waals surface area contributed by atoms with Crippen molar-refractivity contribution in [3.05, 3.63) is 154 Å². The minimum absolute atomic E-state index is 0. The third-order valence-electron chi connectivity index (χ3n) is 13.4. The van der Waals surface area contributed by atoms with Crippen molar-refractivity contribution in [2.45, 2.75) is 50.7 Å². The highest BCUT2D eigenvalue weighted by atomic mass is 35.5. The maximum absolute atomic E-state index is 6.56. The fraction of sp³-hybridized carbons (Fsp3) is 0.407. The lowest BCUT2D eigenvalue weighted by Crippen LogP contribution is -2.51. The van der Waals surface area contributed by atoms with Gasteiger partial charge in [0.15, 0.2) is 10.2 Å². The lowest BCUT2D eigenvalue weighted by Gasteiger charge is -2.37. The summed E-state index contributed by atoms with van der Waals surface area (Å²) < 4.78 is 41.4. The van der Waals surface area contributed by atoms with Crippen LogP contribution in [-0.4, -0.2) is 149 Å². The number of halogens is 4. The number of anilines is 2. The summed E-state index contributed by atoms with van der Waals surface area (Å²) in [6, 6.07) is 27.0. The molecule has 4 unspecified atom stereocenters. The second-order valence-corrected chi connectivity index (χ2v) is 21.0. The quantitative estimate of drug-likeness (QED) is 0.0891. The third-order valence-corrected chi connectivity index (χ3v) is 15.3. The summed E-state index contributed by atoms with van der Waals surface area (Å²) in [5.74, 6) is -0.587. The molecule has 4 atom stereocenters. The number of nitrogens with one attached hydrogen (secondary N) is 2. The van der Waals surface area contributed by atoms with E-state index in [2.05, 4.69) is 78.3 Å². The fourth-order valence-electron chi connectivity index (χ4n) is 9.50. The van der Waals surface area contributed by atoms with Crippen molar-refractivity contribution in [2.75, 3.05) is 102 Å². The Balaban J connectivity index is 0.000000201. The van der Waals surface area contributed by atoms with Gasteiger partial charge in [0.2, 0.25) is 11.6 Å². The SMILES string of the molecule is CCNC(=S)N1CCN(c2ccc(OCC3COC(Cn4ccnc4)(c4ccc(Cl)cc4Cl)O3)cc2)CC1.CCNC(=S)N1CCN(c2ccc(OCC3COC(Cn4ccnc4)(c4ccc(Cl)cc4Cl)O3)cc2)CC1.O. The molecule has 6 aromatic rings. The van der Waals surface area contributed by atoms with Crippen LogP contribution in [-0.2, 0) is 43.6 Å². The fourth-order valence-corrected chi connectivity index (χ4v) is 11.3. The first-order valence-electron chi connectivity index (χ1n) is 25.4. The van der Waals surface area contributed by atoms with Gasteiger partial charge in [-0.1, -0.05) is 58.5 Å². The van der Waals surface area contributed by atoms with E-state index in [-0.39, 0.29) is 17.7 Å². The van der Waals surface area contributed by atoms with Gasteiger partial charge in [0.05, 0.1) is 49.0 Å². The Hall–Kier alpha value is -5.16. The van der Waals surface area contributed by atoms with Gasteiger partial charge in [0.25, 0.3) is 0 Å². The van der Waals surface area contributed by atoms with E-state index in [4.69, 9.17) is 99.3 Å². The van der Waals surface area contributed by atoms with E-state index in [1.807, 2.05) is 57.9 Å². The molecular formula is C54H64Cl4N10O7S2. The van der Waals surface area contributed by atoms with E-state index in [0.29, 0.717) is 59.6 Å². The molecule has 0 aliphatic carbocycles. The monoisotopic (exact) mass is 1170 g/mol. The summed E-state index contributed by atoms with van der Waals surface area (Å²) in [4.78, 5) is 17.5. The van der Waals surface area contributed by atoms with Crippen LogP contribution in [0.3, 0.4) is 0 Å². The molecule has 23 heteroatoms. The highest BCUT2D eigenvalue weighted by molar-refractivity contribution is 7.80. The normalized spacial score (nSPS) is 21.2. The molecule has 4 N–H and O–H groups in total. The minimum Gasteiger partial charge on any atom is -0.491 e. The van der Waals surface area contributed by atoms with Crippen molar-refractivity contribution >= 4 is 92.4 Å². The highest BCUT2D eigenvalue weighted by Gasteiger charge is 2.47. The lowest BCUT2D eigenvalue weighted by atomic mass is 10.1. The maximum Gasteiger partial charge on any atom is 0.215 e. The number of benzene rings is 4. The molecule has 77 heavy (non-hydrogen) atoms. The zero-order valence-electron chi connectivity index (χ0n) is 42.9. The zero-order valence-corrected chi connectivity index (χ0v) is 47.5. The van der Waals surface area contributed by atoms with Crippen molar-refractivity contribution in [3.8, 4) is 11.5 Å². The average Bonchev–Trinajstić information content (AvgIpc) is 4.31. The largest absolute Gasteiger partial charge is 0.491 e. The van der Waals surface area contributed by atoms with Gasteiger partial charge in [0, 0.05) is 123 Å². The molecule has 17 nitrogen and oxygen atoms in total. The summed E-state index contributed by atoms with van der Waals surface area (Å²) >= 11 is 36.3. The summed E-state index contributed by atoms with van der Waals surface area (Å²) in [6.07, 6.45) is 10.0. The van der Waals surface area contributed by atoms with Crippen LogP contribution in [0, 0.1) is 0 Å². The summed E-state index contributed by atoms with van der Waals surface area (Å²) in [7, 11) is 0. The topological polar surface area (TPSA) is 160 Å². The van der Waals surface area contributed by atoms with Crippen LogP contribution in [0.15, 0.2) is 122 Å². The van der Waals surface area contributed by atoms with Crippen molar-refractivity contribution in [2.24, 2.45) is 0 Å². The number of piperazine rings is 2. The number of ether oxygens (including phenoxy) is 6. The van der Waals surface area contributed by atoms with Crippen LogP contribution >= 0.6 is 70.8 Å². The Bertz CT molecular complexity index is 2640. The molecule has 4 saturated heterocycles. The molecule has 4 fully saturated rings. The Morgan fingerprint density at radius 1 is 0.584 bits per heavy atom. The van der Waals surface area contributed by atoms with E-state index < -0.39 is 11.6 Å². The molecule has 0 radical (unpaired) electrons. The van der Waals surface area contributed by atoms with Crippen LogP contribution in [0.4, 0.5) is 11.4 Å². The van der Waals surface area contributed by atoms with Crippen LogP contribution in [0.1, 0.15) is 25.0 Å². The first-order chi connectivity index (χ1) is 36.9. The second kappa shape index (κ2) is 27.1. The highest BCUT2D eigenvalue weighted by Crippen LogP contribution is 2.42. The predicted octanol–water partition coefficient (Wildman–Crippen LogP) is 8.28. The first kappa shape index (κ1) is 58.0. The maximum atomic E-state index is 6.56. The predicted molar refractivity (Wildman–Crippen MR) is 310 cm³/mol. The average molecular weight is 1170 g/mol. The van der Waals surface area contributed by atoms with E-state index in [1.54, 1.807) is 49.3 Å². The van der Waals surface area contributed by atoms with Gasteiger partial charge in [-0.2, -0.15) is 0 Å². The summed E-state index contributed by atoms with van der Waals surface area (Å²) in [5, 5.41) is 10.2. The number of thiocarbonyl (C=S) groups is 2. The van der Waals surface area contributed by atoms with E-state index in [0.717, 1.165) is 98.3 Å². The zero-order chi connectivity index (χ0) is 53.1. The van der Waals surface area contributed by atoms with Gasteiger partial charge >= 0.3 is 0 Å². The first-order valence-corrected chi connectivity index (χ1v) is 27.7. The van der Waals surface area contributed by atoms with Gasteiger partial charge in [-0.05, 0) is 111 Å². The van der Waals surface area contributed by atoms with Gasteiger partial charge in [-0.25, -0.2) is 9.97 Å². The Kier molecular flexibility index (Phi) is 20.4. The molecule has 4 aromatic carbocycles.